The van der Waals surface area contributed by atoms with Gasteiger partial charge in [0.15, 0.2) is 0 Å². The number of carbonyl (C=O) groups excluding carboxylic acids is 1. The monoisotopic (exact) mass is 205 g/mol. The van der Waals surface area contributed by atoms with Crippen LogP contribution in [-0.2, 0) is 0 Å². The van der Waals surface area contributed by atoms with Crippen LogP contribution in [-0.4, -0.2) is 22.9 Å². The topological polar surface area (TPSA) is 51.0 Å². The van der Waals surface area contributed by atoms with E-state index in [1.54, 1.807) is 24.3 Å². The highest BCUT2D eigenvalue weighted by atomic mass is 28.2. The molecule has 0 spiro atoms. The lowest BCUT2D eigenvalue weighted by Gasteiger charge is -2.05. The van der Waals surface area contributed by atoms with Gasteiger partial charge in [-0.05, 0) is 19.1 Å². The predicted octanol–water partition coefficient (Wildman–Crippen LogP) is 1.76. The first kappa shape index (κ1) is 10.6. The number of rotatable bonds is 3. The fraction of sp³-hybridized carbons (Fsp3) is 0.222. The zero-order valence-electron chi connectivity index (χ0n) is 7.73. The second-order valence-corrected chi connectivity index (χ2v) is 2.63. The summed E-state index contributed by atoms with van der Waals surface area (Å²) < 4.78 is 8.50. The summed E-state index contributed by atoms with van der Waals surface area (Å²) in [7, 11) is 2.75. The van der Waals surface area contributed by atoms with Gasteiger partial charge in [0, 0.05) is 0 Å². The zero-order valence-corrected chi connectivity index (χ0v) is 8.73. The van der Waals surface area contributed by atoms with Crippen LogP contribution in [0.3, 0.4) is 0 Å². The van der Waals surface area contributed by atoms with Crippen molar-refractivity contribution >= 4 is 16.3 Å². The highest BCUT2D eigenvalue weighted by Crippen LogP contribution is 2.18. The summed E-state index contributed by atoms with van der Waals surface area (Å²) in [5.41, 5.74) is 0.413. The Morgan fingerprint density at radius 3 is 2.86 bits per heavy atom. The molecule has 71 valence electrons. The SMILES string of the molecule is CCOc1ccccc1C(=O)N=N[Si]. The Bertz CT molecular complexity index is 352. The van der Waals surface area contributed by atoms with E-state index in [2.05, 4.69) is 20.3 Å². The van der Waals surface area contributed by atoms with Crippen LogP contribution in [0.5, 0.6) is 5.75 Å². The van der Waals surface area contributed by atoms with Crippen LogP contribution in [0.4, 0.5) is 0 Å². The van der Waals surface area contributed by atoms with E-state index in [0.717, 1.165) is 0 Å². The predicted molar refractivity (Wildman–Crippen MR) is 52.6 cm³/mol. The number of hydrogen-bond donors (Lipinski definition) is 0. The van der Waals surface area contributed by atoms with E-state index in [4.69, 9.17) is 4.74 Å². The molecule has 0 aliphatic rings. The summed E-state index contributed by atoms with van der Waals surface area (Å²) in [6.07, 6.45) is 0. The van der Waals surface area contributed by atoms with Gasteiger partial charge < -0.3 is 4.74 Å². The largest absolute Gasteiger partial charge is 0.493 e. The molecule has 0 unspecified atom stereocenters. The lowest BCUT2D eigenvalue weighted by molar-refractivity contribution is 0.0992. The van der Waals surface area contributed by atoms with Gasteiger partial charge in [-0.25, -0.2) is 4.78 Å². The molecule has 1 aromatic rings. The van der Waals surface area contributed by atoms with E-state index in [-0.39, 0.29) is 0 Å². The Morgan fingerprint density at radius 2 is 2.21 bits per heavy atom. The molecule has 3 radical (unpaired) electrons. The first-order valence-electron chi connectivity index (χ1n) is 4.13. The Labute approximate surface area is 85.5 Å². The van der Waals surface area contributed by atoms with Crippen LogP contribution < -0.4 is 4.74 Å². The molecule has 4 nitrogen and oxygen atoms in total. The maximum absolute atomic E-state index is 11.4. The molecule has 0 bridgehead atoms. The molecule has 0 atom stereocenters. The third kappa shape index (κ3) is 2.50. The highest BCUT2D eigenvalue weighted by molar-refractivity contribution is 6.06. The molecule has 1 amide bonds. The van der Waals surface area contributed by atoms with Crippen molar-refractivity contribution in [2.75, 3.05) is 6.61 Å². The first-order chi connectivity index (χ1) is 6.79. The number of benzene rings is 1. The molecule has 0 aliphatic carbocycles. The maximum Gasteiger partial charge on any atom is 0.297 e. The summed E-state index contributed by atoms with van der Waals surface area (Å²) >= 11 is 0. The minimum atomic E-state index is -0.427. The van der Waals surface area contributed by atoms with E-state index in [9.17, 15) is 4.79 Å². The summed E-state index contributed by atoms with van der Waals surface area (Å²) in [5, 5.41) is 3.36. The Hall–Kier alpha value is -1.49. The van der Waals surface area contributed by atoms with Gasteiger partial charge in [0.2, 0.25) is 0 Å². The molecule has 0 fully saturated rings. The summed E-state index contributed by atoms with van der Waals surface area (Å²) in [4.78, 5) is 11.4. The van der Waals surface area contributed by atoms with Crippen molar-refractivity contribution in [3.05, 3.63) is 29.8 Å². The molecule has 0 saturated carbocycles. The number of para-hydroxylation sites is 1. The zero-order chi connectivity index (χ0) is 10.4. The molecule has 14 heavy (non-hydrogen) atoms. The van der Waals surface area contributed by atoms with Gasteiger partial charge in [-0.1, -0.05) is 12.1 Å². The molecule has 0 N–H and O–H groups in total. The standard InChI is InChI=1S/C9H9N2O2Si/c1-2-13-8-6-4-3-5-7(8)9(12)10-11-14/h3-6H,2H2,1H3. The van der Waals surface area contributed by atoms with Crippen molar-refractivity contribution in [2.45, 2.75) is 6.92 Å². The smallest absolute Gasteiger partial charge is 0.297 e. The van der Waals surface area contributed by atoms with Gasteiger partial charge in [-0.2, -0.15) is 0 Å². The second-order valence-electron chi connectivity index (χ2n) is 2.43. The average Bonchev–Trinajstić information content (AvgIpc) is 2.19. The van der Waals surface area contributed by atoms with Gasteiger partial charge in [-0.15, -0.1) is 5.11 Å². The molecule has 1 aromatic carbocycles. The van der Waals surface area contributed by atoms with Crippen LogP contribution in [0.2, 0.25) is 0 Å². The first-order valence-corrected chi connectivity index (χ1v) is 4.58. The van der Waals surface area contributed by atoms with Crippen LogP contribution in [0, 0.1) is 0 Å². The molecule has 0 aromatic heterocycles. The van der Waals surface area contributed by atoms with Crippen LogP contribution in [0.15, 0.2) is 34.2 Å². The molecular formula is C9H9N2O2Si. The third-order valence-corrected chi connectivity index (χ3v) is 1.66. The van der Waals surface area contributed by atoms with E-state index < -0.39 is 5.91 Å². The highest BCUT2D eigenvalue weighted by Gasteiger charge is 2.09. The van der Waals surface area contributed by atoms with Crippen molar-refractivity contribution in [3.8, 4) is 5.75 Å². The maximum atomic E-state index is 11.4. The van der Waals surface area contributed by atoms with E-state index in [1.165, 1.54) is 0 Å². The van der Waals surface area contributed by atoms with Crippen molar-refractivity contribution in [1.82, 2.24) is 0 Å². The van der Waals surface area contributed by atoms with Gasteiger partial charge in [0.05, 0.1) is 12.2 Å². The second kappa shape index (κ2) is 5.28. The van der Waals surface area contributed by atoms with E-state index in [1.807, 2.05) is 6.92 Å². The van der Waals surface area contributed by atoms with Gasteiger partial charge in [-0.3, -0.25) is 4.79 Å². The average molecular weight is 205 g/mol. The number of amides is 1. The van der Waals surface area contributed by atoms with Gasteiger partial charge in [0.1, 0.15) is 5.75 Å². The normalized spacial score (nSPS) is 10.4. The molecule has 0 aliphatic heterocycles. The van der Waals surface area contributed by atoms with Crippen LogP contribution >= 0.6 is 0 Å². The van der Waals surface area contributed by atoms with E-state index >= 15 is 0 Å². The minimum Gasteiger partial charge on any atom is -0.493 e. The summed E-state index contributed by atoms with van der Waals surface area (Å²) in [5.74, 6) is 0.100. The molecule has 5 heteroatoms. The van der Waals surface area contributed by atoms with Crippen molar-refractivity contribution in [3.63, 3.8) is 0 Å². The molecule has 0 saturated heterocycles. The Balaban J connectivity index is 3.00. The van der Waals surface area contributed by atoms with Crippen molar-refractivity contribution in [2.24, 2.45) is 9.89 Å². The number of hydrogen-bond acceptors (Lipinski definition) is 3. The summed E-state index contributed by atoms with van der Waals surface area (Å²) in [6.45, 7) is 2.36. The minimum absolute atomic E-state index is 0.413. The van der Waals surface area contributed by atoms with Crippen molar-refractivity contribution < 1.29 is 9.53 Å². The Kier molecular flexibility index (Phi) is 3.99. The summed E-state index contributed by atoms with van der Waals surface area (Å²) in [6, 6.07) is 6.92. The third-order valence-electron chi connectivity index (χ3n) is 1.56. The lowest BCUT2D eigenvalue weighted by Crippen LogP contribution is -2.00. The molecule has 0 heterocycles. The fourth-order valence-corrected chi connectivity index (χ4v) is 1.11. The number of ether oxygens (including phenoxy) is 1. The van der Waals surface area contributed by atoms with Crippen molar-refractivity contribution in [1.29, 1.82) is 0 Å². The van der Waals surface area contributed by atoms with Crippen LogP contribution in [0.1, 0.15) is 17.3 Å². The number of nitrogens with zero attached hydrogens (tertiary/aromatic N) is 2. The van der Waals surface area contributed by atoms with E-state index in [0.29, 0.717) is 17.9 Å². The fourth-order valence-electron chi connectivity index (χ4n) is 1.02. The molecular weight excluding hydrogens is 196 g/mol. The lowest BCUT2D eigenvalue weighted by atomic mass is 10.2. The van der Waals surface area contributed by atoms with Gasteiger partial charge >= 0.3 is 0 Å². The number of carbonyl (C=O) groups is 1. The Morgan fingerprint density at radius 1 is 1.50 bits per heavy atom. The quantitative estimate of drug-likeness (QED) is 0.557. The van der Waals surface area contributed by atoms with Gasteiger partial charge in [0.25, 0.3) is 16.3 Å². The molecule has 1 rings (SSSR count). The van der Waals surface area contributed by atoms with Crippen LogP contribution in [0.25, 0.3) is 0 Å².